The van der Waals surface area contributed by atoms with E-state index in [2.05, 4.69) is 42.5 Å². The summed E-state index contributed by atoms with van der Waals surface area (Å²) in [5.74, 6) is 0.418. The Morgan fingerprint density at radius 3 is 2.73 bits per heavy atom. The van der Waals surface area contributed by atoms with E-state index in [4.69, 9.17) is 37.7 Å². The summed E-state index contributed by atoms with van der Waals surface area (Å²) >= 11 is 15.7. The number of alkyl halides is 2. The standard InChI is InChI=1S/C39H42Cl2F2N8O4S/c1-3-54-34(53)18-23-14-17-51(21-23)22-33-50-37-30(56-33)12-16-46-38(37)49-28-9-5-7-26(36(28)41)25-6-4-8-27(35(25)40)29(20-44-2)48-32(55-39(42)43)13-15-45-19-24-10-11-31(52)47-24/h4-9,12,16,20,23-24,39,45H,2-3,10-11,13-15,17-19,21-22H2,1H3,(H,46,49)(H,47,52)/b29-20-,48-32?. The second-order valence-corrected chi connectivity index (χ2v) is 15.2. The number of hydrogen-bond donors (Lipinski definition) is 3. The minimum Gasteiger partial charge on any atom is -0.466 e. The van der Waals surface area contributed by atoms with E-state index in [1.807, 2.05) is 31.2 Å². The van der Waals surface area contributed by atoms with Crippen molar-refractivity contribution >= 4 is 86.4 Å². The molecule has 2 atom stereocenters. The molecule has 0 bridgehead atoms. The minimum atomic E-state index is -3.10. The van der Waals surface area contributed by atoms with E-state index < -0.39 is 6.61 Å². The zero-order chi connectivity index (χ0) is 39.6. The molecule has 2 fully saturated rings. The summed E-state index contributed by atoms with van der Waals surface area (Å²) in [6.07, 6.45) is 5.61. The predicted molar refractivity (Wildman–Crippen MR) is 218 cm³/mol. The Labute approximate surface area is 337 Å². The number of nitrogens with one attached hydrogen (secondary N) is 3. The Bertz CT molecular complexity index is 2120. The number of likely N-dealkylation sites (tertiary alicyclic amines) is 1. The lowest BCUT2D eigenvalue weighted by atomic mass is 10.0. The molecule has 2 unspecified atom stereocenters. The normalized spacial score (nSPS) is 17.8. The van der Waals surface area contributed by atoms with E-state index in [9.17, 15) is 18.4 Å². The van der Waals surface area contributed by atoms with Crippen molar-refractivity contribution in [1.82, 2.24) is 25.5 Å². The Morgan fingerprint density at radius 2 is 1.98 bits per heavy atom. The van der Waals surface area contributed by atoms with Crippen LogP contribution in [0.3, 0.4) is 0 Å². The number of halogens is 4. The van der Waals surface area contributed by atoms with Crippen LogP contribution in [0.15, 0.2) is 64.8 Å². The van der Waals surface area contributed by atoms with Crippen molar-refractivity contribution in [1.29, 1.82) is 0 Å². The van der Waals surface area contributed by atoms with E-state index >= 15 is 0 Å². The van der Waals surface area contributed by atoms with Gasteiger partial charge in [-0.05, 0) is 51.1 Å². The highest BCUT2D eigenvalue weighted by atomic mass is 35.5. The van der Waals surface area contributed by atoms with E-state index in [0.717, 1.165) is 29.2 Å². The molecule has 2 aromatic carbocycles. The first-order valence-corrected chi connectivity index (χ1v) is 19.8. The van der Waals surface area contributed by atoms with Gasteiger partial charge in [-0.25, -0.2) is 15.0 Å². The number of aliphatic imine (C=N–C) groups is 2. The second-order valence-electron chi connectivity index (χ2n) is 13.3. The summed E-state index contributed by atoms with van der Waals surface area (Å²) in [7, 11) is 0. The molecule has 56 heavy (non-hydrogen) atoms. The first kappa shape index (κ1) is 41.1. The van der Waals surface area contributed by atoms with Crippen LogP contribution in [-0.4, -0.2) is 84.8 Å². The molecule has 3 N–H and O–H groups in total. The number of rotatable bonds is 17. The lowest BCUT2D eigenvalue weighted by Crippen LogP contribution is -2.36. The summed E-state index contributed by atoms with van der Waals surface area (Å²) in [5, 5.41) is 10.9. The van der Waals surface area contributed by atoms with Gasteiger partial charge in [0.2, 0.25) is 5.91 Å². The van der Waals surface area contributed by atoms with E-state index in [-0.39, 0.29) is 53.4 Å². The second kappa shape index (κ2) is 19.6. The highest BCUT2D eigenvalue weighted by Gasteiger charge is 2.26. The Kier molecular flexibility index (Phi) is 14.4. The monoisotopic (exact) mass is 826 g/mol. The molecule has 1 amide bonds. The average Bonchev–Trinajstić information content (AvgIpc) is 3.91. The third kappa shape index (κ3) is 10.6. The van der Waals surface area contributed by atoms with Gasteiger partial charge in [0.05, 0.1) is 45.5 Å². The highest BCUT2D eigenvalue weighted by molar-refractivity contribution is 7.18. The maximum absolute atomic E-state index is 13.5. The molecule has 2 saturated heterocycles. The molecule has 0 spiro atoms. The number of hydrogen-bond acceptors (Lipinski definition) is 12. The number of nitrogens with zero attached hydrogens (tertiary/aromatic N) is 5. The zero-order valence-corrected chi connectivity index (χ0v) is 33.0. The smallest absolute Gasteiger partial charge is 0.388 e. The number of carbonyl (C=O) groups is 2. The summed E-state index contributed by atoms with van der Waals surface area (Å²) in [4.78, 5) is 43.6. The van der Waals surface area contributed by atoms with Gasteiger partial charge in [-0.1, -0.05) is 53.5 Å². The molecule has 0 aliphatic carbocycles. The van der Waals surface area contributed by atoms with E-state index in [0.29, 0.717) is 77.7 Å². The van der Waals surface area contributed by atoms with Crippen molar-refractivity contribution in [3.05, 3.63) is 75.5 Å². The number of pyridine rings is 1. The van der Waals surface area contributed by atoms with Gasteiger partial charge in [0, 0.05) is 67.8 Å². The number of thiazole rings is 1. The summed E-state index contributed by atoms with van der Waals surface area (Å²) < 4.78 is 37.8. The van der Waals surface area contributed by atoms with Crippen molar-refractivity contribution in [3.63, 3.8) is 0 Å². The van der Waals surface area contributed by atoms with E-state index in [1.54, 1.807) is 35.7 Å². The van der Waals surface area contributed by atoms with Crippen LogP contribution in [0.4, 0.5) is 20.3 Å². The van der Waals surface area contributed by atoms with Crippen LogP contribution in [0.1, 0.15) is 49.6 Å². The first-order valence-electron chi connectivity index (χ1n) is 18.3. The van der Waals surface area contributed by atoms with Gasteiger partial charge in [0.15, 0.2) is 11.7 Å². The van der Waals surface area contributed by atoms with Gasteiger partial charge >= 0.3 is 12.6 Å². The molecule has 4 heterocycles. The number of fused-ring (bicyclic) bond motifs is 1. The van der Waals surface area contributed by atoms with Crippen molar-refractivity contribution < 1.29 is 27.8 Å². The maximum Gasteiger partial charge on any atom is 0.388 e. The van der Waals surface area contributed by atoms with E-state index in [1.165, 1.54) is 6.20 Å². The Morgan fingerprint density at radius 1 is 1.18 bits per heavy atom. The fourth-order valence-corrected chi connectivity index (χ4v) is 8.36. The number of ether oxygens (including phenoxy) is 2. The van der Waals surface area contributed by atoms with Gasteiger partial charge < -0.3 is 25.4 Å². The number of anilines is 2. The summed E-state index contributed by atoms with van der Waals surface area (Å²) in [5.41, 5.74) is 3.00. The third-order valence-corrected chi connectivity index (χ3v) is 11.2. The molecule has 12 nitrogen and oxygen atoms in total. The van der Waals surface area contributed by atoms with Crippen molar-refractivity contribution in [2.45, 2.75) is 58.2 Å². The van der Waals surface area contributed by atoms with Crippen LogP contribution in [-0.2, 0) is 25.6 Å². The van der Waals surface area contributed by atoms with Crippen LogP contribution in [0.2, 0.25) is 10.0 Å². The fraction of sp³-hybridized carbons (Fsp3) is 0.385. The molecule has 2 aliphatic rings. The first-order chi connectivity index (χ1) is 27.1. The van der Waals surface area contributed by atoms with Gasteiger partial charge in [0.25, 0.3) is 0 Å². The summed E-state index contributed by atoms with van der Waals surface area (Å²) in [6, 6.07) is 12.6. The molecule has 2 aliphatic heterocycles. The van der Waals surface area contributed by atoms with Crippen molar-refractivity contribution in [3.8, 4) is 11.1 Å². The number of carbonyl (C=O) groups excluding carboxylic acids is 2. The fourth-order valence-electron chi connectivity index (χ4n) is 6.76. The lowest BCUT2D eigenvalue weighted by molar-refractivity contribution is -0.144. The molecule has 296 valence electrons. The molecule has 17 heteroatoms. The van der Waals surface area contributed by atoms with Gasteiger partial charge in [-0.2, -0.15) is 8.78 Å². The maximum atomic E-state index is 13.5. The molecule has 0 saturated carbocycles. The predicted octanol–water partition coefficient (Wildman–Crippen LogP) is 8.08. The zero-order valence-electron chi connectivity index (χ0n) is 30.7. The van der Waals surface area contributed by atoms with Crippen LogP contribution in [0.5, 0.6) is 0 Å². The molecule has 6 rings (SSSR count). The van der Waals surface area contributed by atoms with Crippen molar-refractivity contribution in [2.75, 3.05) is 38.1 Å². The number of amides is 1. The van der Waals surface area contributed by atoms with Gasteiger partial charge in [0.1, 0.15) is 10.5 Å². The lowest BCUT2D eigenvalue weighted by Gasteiger charge is -2.16. The molecule has 2 aromatic heterocycles. The SMILES string of the molecule is C=N/C=C(\N=C(CCNCC1CCC(=O)N1)OC(F)F)c1cccc(-c2cccc(Nc3nccc4sc(CN5CCC(CC(=O)OCC)C5)nc34)c2Cl)c1Cl. The largest absolute Gasteiger partial charge is 0.466 e. The molecular formula is C39H42Cl2F2N8O4S. The topological polar surface area (TPSA) is 142 Å². The van der Waals surface area contributed by atoms with Crippen LogP contribution in [0.25, 0.3) is 27.0 Å². The highest BCUT2D eigenvalue weighted by Crippen LogP contribution is 2.42. The van der Waals surface area contributed by atoms with Crippen LogP contribution >= 0.6 is 34.5 Å². The van der Waals surface area contributed by atoms with Gasteiger partial charge in [-0.15, -0.1) is 11.3 Å². The molecular weight excluding hydrogens is 785 g/mol. The van der Waals surface area contributed by atoms with Gasteiger partial charge in [-0.3, -0.25) is 19.5 Å². The van der Waals surface area contributed by atoms with Crippen LogP contribution < -0.4 is 16.0 Å². The number of benzene rings is 2. The Balaban J connectivity index is 1.19. The third-order valence-electron chi connectivity index (χ3n) is 9.33. The Hall–Kier alpha value is -4.54. The average molecular weight is 828 g/mol. The number of esters is 1. The minimum absolute atomic E-state index is 0.00680. The quantitative estimate of drug-likeness (QED) is 0.0417. The summed E-state index contributed by atoms with van der Waals surface area (Å²) in [6.45, 7) is 5.76. The van der Waals surface area contributed by atoms with Crippen LogP contribution in [0, 0.1) is 5.92 Å². The molecule has 0 radical (unpaired) electrons. The van der Waals surface area contributed by atoms with Crippen molar-refractivity contribution in [2.24, 2.45) is 15.9 Å². The number of aromatic nitrogens is 2. The molecule has 4 aromatic rings.